The summed E-state index contributed by atoms with van der Waals surface area (Å²) in [6.07, 6.45) is 2.26. The van der Waals surface area contributed by atoms with Crippen LogP contribution in [0.25, 0.3) is 0 Å². The average Bonchev–Trinajstić information content (AvgIpc) is 3.62. The van der Waals surface area contributed by atoms with E-state index in [0.717, 1.165) is 0 Å². The maximum Gasteiger partial charge on any atom is 0.475 e. The van der Waals surface area contributed by atoms with E-state index in [1.54, 1.807) is 26.8 Å². The molecule has 0 spiro atoms. The second-order valence-corrected chi connectivity index (χ2v) is 14.1. The van der Waals surface area contributed by atoms with Gasteiger partial charge in [0.05, 0.1) is 32.1 Å². The molecule has 20 nitrogen and oxygen atoms in total. The molecule has 57 heavy (non-hydrogen) atoms. The Morgan fingerprint density at radius 1 is 0.702 bits per heavy atom. The normalized spacial score (nSPS) is 18.2. The molecule has 1 aromatic rings. The van der Waals surface area contributed by atoms with Crippen LogP contribution in [0.3, 0.4) is 0 Å². The van der Waals surface area contributed by atoms with Crippen molar-refractivity contribution in [1.29, 1.82) is 0 Å². The molecule has 0 saturated carbocycles. The standard InChI is InChI=1S/C35H55BN8O12.Lu/c1-25(35(54)44-12-4-5-28(44)36(55)56)38-34(53)26-7-9-27(10-8-26)39-29(45)6-2-3-11-37-30(46)21-40-13-15-41(22-31(47)48)17-19-43(24-33(51)52)20-18-42(16-14-40)23-32(49)50;/h7-10,25,28,55-56H,2-6,11-24H2,1H3,(H,37,46)(H,38,53)(H,39,45)(H,47,48)(H,49,50)(H,51,52);/t25-,28+;/m1./s1. The Hall–Kier alpha value is -3.43. The van der Waals surface area contributed by atoms with E-state index in [1.807, 2.05) is 4.90 Å². The minimum atomic E-state index is -1.65. The van der Waals surface area contributed by atoms with Crippen LogP contribution in [0, 0.1) is 36.9 Å². The summed E-state index contributed by atoms with van der Waals surface area (Å²) in [5, 5.41) is 55.4. The van der Waals surface area contributed by atoms with Crippen molar-refractivity contribution < 1.29 is 95.8 Å². The zero-order valence-electron chi connectivity index (χ0n) is 32.1. The minimum absolute atomic E-state index is 0. The largest absolute Gasteiger partial charge is 0.480 e. The summed E-state index contributed by atoms with van der Waals surface area (Å²) in [6, 6.07) is 5.26. The maximum absolute atomic E-state index is 12.9. The molecule has 325 valence electrons. The van der Waals surface area contributed by atoms with E-state index >= 15 is 0 Å². The third-order valence-electron chi connectivity index (χ3n) is 9.60. The van der Waals surface area contributed by atoms with Crippen LogP contribution < -0.4 is 16.0 Å². The topological polar surface area (TPSA) is 273 Å². The van der Waals surface area contributed by atoms with Crippen LogP contribution in [0.5, 0.6) is 0 Å². The van der Waals surface area contributed by atoms with Crippen LogP contribution in [-0.4, -0.2) is 202 Å². The molecule has 2 saturated heterocycles. The van der Waals surface area contributed by atoms with E-state index in [1.165, 1.54) is 24.0 Å². The van der Waals surface area contributed by atoms with Gasteiger partial charge in [-0.3, -0.25) is 53.2 Å². The number of nitrogens with zero attached hydrogens (tertiary/aromatic N) is 5. The Labute approximate surface area is 361 Å². The summed E-state index contributed by atoms with van der Waals surface area (Å²) in [7, 11) is -1.65. The number of likely N-dealkylation sites (tertiary alicyclic amines) is 1. The monoisotopic (exact) mass is 965 g/mol. The quantitative estimate of drug-likeness (QED) is 0.0559. The van der Waals surface area contributed by atoms with Gasteiger partial charge in [0.1, 0.15) is 6.04 Å². The van der Waals surface area contributed by atoms with Crippen molar-refractivity contribution in [2.45, 2.75) is 51.0 Å². The molecule has 22 heteroatoms. The summed E-state index contributed by atoms with van der Waals surface area (Å²) in [4.78, 5) is 93.5. The van der Waals surface area contributed by atoms with Gasteiger partial charge in [0.15, 0.2) is 0 Å². The van der Waals surface area contributed by atoms with Crippen molar-refractivity contribution in [1.82, 2.24) is 35.1 Å². The number of amides is 4. The van der Waals surface area contributed by atoms with Gasteiger partial charge in [-0.2, -0.15) is 0 Å². The Balaban J connectivity index is 0.0000112. The summed E-state index contributed by atoms with van der Waals surface area (Å²) in [5.41, 5.74) is 0.735. The van der Waals surface area contributed by atoms with Gasteiger partial charge in [-0.05, 0) is 56.9 Å². The fraction of sp³-hybridized carbons (Fsp3) is 0.629. The SMILES string of the molecule is C[C@@H](NC(=O)c1ccc(NC(=O)CCCCNC(=O)CN2CCN(CC(=O)O)CCN(CC(=O)O)CCN(CC(=O)O)CC2)cc1)C(=O)N1CCC[C@H]1B(O)O.[Lu]. The van der Waals surface area contributed by atoms with E-state index in [0.29, 0.717) is 70.6 Å². The molecule has 2 heterocycles. The summed E-state index contributed by atoms with van der Waals surface area (Å²) in [6.45, 7) is 3.74. The number of carbonyl (C=O) groups excluding carboxylic acids is 4. The first-order valence-corrected chi connectivity index (χ1v) is 18.8. The number of anilines is 1. The molecular formula is C35H55BLuN8O12. The van der Waals surface area contributed by atoms with Gasteiger partial charge < -0.3 is 46.2 Å². The maximum atomic E-state index is 12.9. The van der Waals surface area contributed by atoms with Crippen molar-refractivity contribution >= 4 is 54.3 Å². The zero-order valence-corrected chi connectivity index (χ0v) is 33.7. The van der Waals surface area contributed by atoms with Crippen LogP contribution in [0.4, 0.5) is 5.69 Å². The van der Waals surface area contributed by atoms with Crippen LogP contribution in [0.15, 0.2) is 24.3 Å². The molecule has 0 aliphatic carbocycles. The number of carbonyl (C=O) groups is 7. The van der Waals surface area contributed by atoms with Crippen molar-refractivity contribution in [3.63, 3.8) is 0 Å². The molecule has 2 aliphatic rings. The van der Waals surface area contributed by atoms with E-state index in [2.05, 4.69) is 16.0 Å². The van der Waals surface area contributed by atoms with Crippen LogP contribution in [0.2, 0.25) is 0 Å². The fourth-order valence-corrected chi connectivity index (χ4v) is 6.58. The Bertz CT molecular complexity index is 1480. The third-order valence-corrected chi connectivity index (χ3v) is 9.60. The Kier molecular flexibility index (Phi) is 22.5. The van der Waals surface area contributed by atoms with Gasteiger partial charge in [-0.25, -0.2) is 0 Å². The number of hydrogen-bond acceptors (Lipinski definition) is 13. The zero-order chi connectivity index (χ0) is 41.2. The number of carboxylic acids is 3. The smallest absolute Gasteiger partial charge is 0.475 e. The van der Waals surface area contributed by atoms with Gasteiger partial charge >= 0.3 is 25.0 Å². The van der Waals surface area contributed by atoms with Crippen molar-refractivity contribution in [3.05, 3.63) is 29.8 Å². The molecule has 0 unspecified atom stereocenters. The number of unbranched alkanes of at least 4 members (excludes halogenated alkanes) is 1. The second-order valence-electron chi connectivity index (χ2n) is 14.1. The van der Waals surface area contributed by atoms with E-state index in [9.17, 15) is 58.9 Å². The number of benzene rings is 1. The van der Waals surface area contributed by atoms with Crippen LogP contribution >= 0.6 is 0 Å². The van der Waals surface area contributed by atoms with E-state index in [4.69, 9.17) is 0 Å². The fourth-order valence-electron chi connectivity index (χ4n) is 6.58. The Morgan fingerprint density at radius 2 is 1.18 bits per heavy atom. The average molecular weight is 966 g/mol. The second kappa shape index (κ2) is 25.8. The van der Waals surface area contributed by atoms with Crippen LogP contribution in [-0.2, 0) is 28.8 Å². The Morgan fingerprint density at radius 3 is 1.63 bits per heavy atom. The number of carboxylic acid groups (broad SMARTS) is 3. The van der Waals surface area contributed by atoms with Crippen molar-refractivity contribution in [2.75, 3.05) is 96.9 Å². The van der Waals surface area contributed by atoms with Gasteiger partial charge in [-0.1, -0.05) is 0 Å². The molecule has 0 aromatic heterocycles. The third kappa shape index (κ3) is 18.8. The summed E-state index contributed by atoms with van der Waals surface area (Å²) < 4.78 is 0. The van der Waals surface area contributed by atoms with Crippen molar-refractivity contribution in [3.8, 4) is 0 Å². The number of aliphatic carboxylic acids is 3. The predicted molar refractivity (Wildman–Crippen MR) is 202 cm³/mol. The van der Waals surface area contributed by atoms with Gasteiger partial charge in [0, 0.05) is 120 Å². The molecule has 1 aromatic carbocycles. The first-order valence-electron chi connectivity index (χ1n) is 18.8. The molecule has 8 N–H and O–H groups in total. The molecule has 4 amide bonds. The molecule has 2 atom stereocenters. The number of nitrogens with one attached hydrogen (secondary N) is 3. The van der Waals surface area contributed by atoms with Gasteiger partial charge in [0.25, 0.3) is 5.91 Å². The molecule has 0 bridgehead atoms. The number of rotatable bonds is 18. The van der Waals surface area contributed by atoms with Crippen LogP contribution in [0.1, 0.15) is 49.4 Å². The summed E-state index contributed by atoms with van der Waals surface area (Å²) in [5.74, 6) is -5.27. The minimum Gasteiger partial charge on any atom is -0.480 e. The number of hydrogen-bond donors (Lipinski definition) is 8. The molecule has 3 rings (SSSR count). The van der Waals surface area contributed by atoms with Gasteiger partial charge in [-0.15, -0.1) is 0 Å². The summed E-state index contributed by atoms with van der Waals surface area (Å²) >= 11 is 0. The molecule has 1 radical (unpaired) electrons. The van der Waals surface area contributed by atoms with Gasteiger partial charge in [0.2, 0.25) is 17.7 Å². The first kappa shape index (κ1) is 49.7. The first-order chi connectivity index (χ1) is 26.6. The van der Waals surface area contributed by atoms with Crippen molar-refractivity contribution in [2.24, 2.45) is 0 Å². The predicted octanol–water partition coefficient (Wildman–Crippen LogP) is -2.49. The molecule has 2 fully saturated rings. The molecular weight excluding hydrogens is 910 g/mol. The molecule has 2 aliphatic heterocycles. The van der Waals surface area contributed by atoms with E-state index in [-0.39, 0.29) is 113 Å². The van der Waals surface area contributed by atoms with E-state index < -0.39 is 48.8 Å².